The first-order valence-corrected chi connectivity index (χ1v) is 7.93. The molecule has 1 N–H and O–H groups in total. The van der Waals surface area contributed by atoms with Crippen LogP contribution in [0.3, 0.4) is 0 Å². The molecular weight excluding hydrogens is 396 g/mol. The van der Waals surface area contributed by atoms with E-state index in [0.717, 1.165) is 0 Å². The van der Waals surface area contributed by atoms with Gasteiger partial charge in [0.1, 0.15) is 0 Å². The Morgan fingerprint density at radius 1 is 0.958 bits per heavy atom. The second-order valence-electron chi connectivity index (χ2n) is 3.78. The summed E-state index contributed by atoms with van der Waals surface area (Å²) >= 11 is 0. The molecular formula is C8H4F6N3O5S2-. The van der Waals surface area contributed by atoms with E-state index in [0.29, 0.717) is 4.72 Å². The first-order valence-electron chi connectivity index (χ1n) is 4.97. The highest BCUT2D eigenvalue weighted by molar-refractivity contribution is 7.95. The number of nitrogens with one attached hydrogen (secondary N) is 1. The topological polar surface area (TPSA) is 106 Å². The van der Waals surface area contributed by atoms with Crippen molar-refractivity contribution in [2.75, 3.05) is 0 Å². The minimum absolute atomic E-state index is 0.268. The van der Waals surface area contributed by atoms with Gasteiger partial charge in [-0.1, -0.05) is 0 Å². The van der Waals surface area contributed by atoms with Crippen LogP contribution in [0, 0.1) is 18.6 Å². The maximum absolute atomic E-state index is 13.5. The number of sulfonamides is 1. The van der Waals surface area contributed by atoms with Gasteiger partial charge in [0.15, 0.2) is 0 Å². The van der Waals surface area contributed by atoms with Crippen molar-refractivity contribution in [1.82, 2.24) is 4.72 Å². The van der Waals surface area contributed by atoms with Crippen molar-refractivity contribution < 1.29 is 48.0 Å². The summed E-state index contributed by atoms with van der Waals surface area (Å²) in [7, 11) is -13.8. The lowest BCUT2D eigenvalue weighted by atomic mass is 10.3. The van der Waals surface area contributed by atoms with E-state index in [2.05, 4.69) is 0 Å². The van der Waals surface area contributed by atoms with Crippen molar-refractivity contribution in [3.8, 4) is 0 Å². The maximum atomic E-state index is 13.5. The third kappa shape index (κ3) is 2.94. The SMILES string of the molecule is [C-]#[N+][C-]([N+]#[C-])S(=O)(=O)C(F)(F)C(F)(F)C(F)(F)S(=O)(=O)NC(C)=O. The number of halogens is 6. The summed E-state index contributed by atoms with van der Waals surface area (Å²) in [4.78, 5) is 13.8. The predicted octanol–water partition coefficient (Wildman–Crippen LogP) is 0.974. The highest BCUT2D eigenvalue weighted by atomic mass is 32.2. The van der Waals surface area contributed by atoms with E-state index in [-0.39, 0.29) is 6.92 Å². The molecule has 0 aromatic rings. The van der Waals surface area contributed by atoms with Crippen molar-refractivity contribution in [2.24, 2.45) is 0 Å². The fourth-order valence-electron chi connectivity index (χ4n) is 1.02. The standard InChI is InChI=1S/C8H4F6N3O5S2/c1-4(18)17-24(21,22)8(13,14)6(9,10)7(11,12)23(19,20)5(15-2)16-3/h1H3,(H,17,18)/q-1. The predicted molar refractivity (Wildman–Crippen MR) is 62.9 cm³/mol. The molecule has 0 aliphatic carbocycles. The quantitative estimate of drug-likeness (QED) is 0.528. The fourth-order valence-corrected chi connectivity index (χ4v) is 2.99. The third-order valence-corrected chi connectivity index (χ3v) is 5.20. The van der Waals surface area contributed by atoms with Crippen LogP contribution in [-0.2, 0) is 24.7 Å². The van der Waals surface area contributed by atoms with Gasteiger partial charge in [0.2, 0.25) is 5.91 Å². The molecule has 0 rings (SSSR count). The Kier molecular flexibility index (Phi) is 5.47. The lowest BCUT2D eigenvalue weighted by Crippen LogP contribution is -2.63. The zero-order valence-corrected chi connectivity index (χ0v) is 12.7. The second kappa shape index (κ2) is 6.02. The average Bonchev–Trinajstić information content (AvgIpc) is 2.37. The van der Waals surface area contributed by atoms with Gasteiger partial charge in [0.25, 0.3) is 9.84 Å². The van der Waals surface area contributed by atoms with Crippen molar-refractivity contribution in [3.05, 3.63) is 28.3 Å². The molecule has 0 aromatic heterocycles. The van der Waals surface area contributed by atoms with E-state index < -0.39 is 47.7 Å². The van der Waals surface area contributed by atoms with Gasteiger partial charge in [-0.25, -0.2) is 13.1 Å². The van der Waals surface area contributed by atoms with Crippen LogP contribution in [0.1, 0.15) is 6.92 Å². The first kappa shape index (κ1) is 21.8. The Labute approximate surface area is 131 Å². The van der Waals surface area contributed by atoms with Gasteiger partial charge in [-0.05, 0) is 0 Å². The van der Waals surface area contributed by atoms with Gasteiger partial charge in [-0.2, -0.15) is 34.8 Å². The third-order valence-electron chi connectivity index (χ3n) is 2.12. The number of amides is 1. The van der Waals surface area contributed by atoms with Crippen LogP contribution >= 0.6 is 0 Å². The molecule has 0 saturated heterocycles. The number of carbonyl (C=O) groups is 1. The average molecular weight is 400 g/mol. The van der Waals surface area contributed by atoms with Crippen LogP contribution in [0.25, 0.3) is 9.69 Å². The Balaban J connectivity index is 6.48. The number of sulfone groups is 1. The van der Waals surface area contributed by atoms with Gasteiger partial charge in [0.05, 0.1) is 0 Å². The molecule has 0 aliphatic heterocycles. The van der Waals surface area contributed by atoms with Crippen LogP contribution in [0.5, 0.6) is 0 Å². The minimum Gasteiger partial charge on any atom is -0.363 e. The normalized spacial score (nSPS) is 13.5. The number of hydrogen-bond donors (Lipinski definition) is 1. The second-order valence-corrected chi connectivity index (χ2v) is 7.39. The van der Waals surface area contributed by atoms with Gasteiger partial charge in [-0.15, -0.1) is 0 Å². The van der Waals surface area contributed by atoms with E-state index in [9.17, 15) is 48.0 Å². The van der Waals surface area contributed by atoms with Gasteiger partial charge >= 0.3 is 32.0 Å². The largest absolute Gasteiger partial charge is 0.432 e. The molecule has 0 heterocycles. The van der Waals surface area contributed by atoms with Gasteiger partial charge in [0, 0.05) is 6.92 Å². The van der Waals surface area contributed by atoms with Crippen molar-refractivity contribution in [3.63, 3.8) is 0 Å². The zero-order chi connectivity index (χ0) is 19.8. The summed E-state index contributed by atoms with van der Waals surface area (Å²) in [6, 6.07) is 0. The molecule has 0 aliphatic rings. The molecule has 0 radical (unpaired) electrons. The molecule has 0 aromatic carbocycles. The molecule has 0 fully saturated rings. The number of nitrogens with zero attached hydrogens (tertiary/aromatic N) is 2. The van der Waals surface area contributed by atoms with Crippen molar-refractivity contribution in [1.29, 1.82) is 0 Å². The molecule has 136 valence electrons. The molecule has 0 spiro atoms. The van der Waals surface area contributed by atoms with Gasteiger partial charge < -0.3 is 9.69 Å². The Morgan fingerprint density at radius 2 is 1.33 bits per heavy atom. The van der Waals surface area contributed by atoms with E-state index in [4.69, 9.17) is 13.1 Å². The molecule has 24 heavy (non-hydrogen) atoms. The van der Waals surface area contributed by atoms with Crippen LogP contribution in [0.4, 0.5) is 26.3 Å². The van der Waals surface area contributed by atoms with E-state index in [1.165, 1.54) is 0 Å². The molecule has 0 unspecified atom stereocenters. The van der Waals surface area contributed by atoms with Crippen LogP contribution in [-0.4, -0.2) is 39.2 Å². The van der Waals surface area contributed by atoms with Crippen molar-refractivity contribution in [2.45, 2.75) is 23.4 Å². The van der Waals surface area contributed by atoms with Crippen LogP contribution in [0.2, 0.25) is 0 Å². The molecule has 0 bridgehead atoms. The monoisotopic (exact) mass is 400 g/mol. The summed E-state index contributed by atoms with van der Waals surface area (Å²) in [5, 5.41) is -13.7. The van der Waals surface area contributed by atoms with Gasteiger partial charge in [-0.3, -0.25) is 17.9 Å². The Hall–Kier alpha value is -2.20. The van der Waals surface area contributed by atoms with Crippen LogP contribution < -0.4 is 4.72 Å². The Morgan fingerprint density at radius 3 is 1.62 bits per heavy atom. The highest BCUT2D eigenvalue weighted by Gasteiger charge is 2.82. The lowest BCUT2D eigenvalue weighted by Gasteiger charge is -2.31. The summed E-state index contributed by atoms with van der Waals surface area (Å²) in [5.41, 5.74) is -2.58. The number of alkyl halides is 6. The molecule has 0 atom stereocenters. The summed E-state index contributed by atoms with van der Waals surface area (Å²) in [6.45, 7) is 12.5. The van der Waals surface area contributed by atoms with E-state index in [1.807, 2.05) is 0 Å². The van der Waals surface area contributed by atoms with E-state index in [1.54, 1.807) is 9.69 Å². The number of rotatable bonds is 6. The molecule has 16 heteroatoms. The number of carbonyl (C=O) groups excluding carboxylic acids is 1. The lowest BCUT2D eigenvalue weighted by molar-refractivity contribution is -0.243. The molecule has 1 amide bonds. The Bertz CT molecular complexity index is 809. The maximum Gasteiger partial charge on any atom is 0.432 e. The van der Waals surface area contributed by atoms with E-state index >= 15 is 0 Å². The first-order chi connectivity index (χ1) is 10.4. The van der Waals surface area contributed by atoms with Crippen molar-refractivity contribution >= 4 is 25.8 Å². The molecule has 0 saturated carbocycles. The summed E-state index contributed by atoms with van der Waals surface area (Å²) in [5.74, 6) is -8.99. The smallest absolute Gasteiger partial charge is 0.363 e. The fraction of sp³-hybridized carbons (Fsp3) is 0.500. The summed E-state index contributed by atoms with van der Waals surface area (Å²) < 4.78 is 125. The van der Waals surface area contributed by atoms with Crippen LogP contribution in [0.15, 0.2) is 0 Å². The highest BCUT2D eigenvalue weighted by Crippen LogP contribution is 2.52. The zero-order valence-electron chi connectivity index (χ0n) is 11.0. The minimum atomic E-state index is -7.14. The summed E-state index contributed by atoms with van der Waals surface area (Å²) in [6.07, 6.45) is 0. The molecule has 8 nitrogen and oxygen atoms in total. The number of hydrogen-bond acceptors (Lipinski definition) is 5.